The predicted molar refractivity (Wildman–Crippen MR) is 81.0 cm³/mol. The van der Waals surface area contributed by atoms with Crippen LogP contribution in [0.4, 0.5) is 0 Å². The third-order valence-electron chi connectivity index (χ3n) is 3.50. The Morgan fingerprint density at radius 2 is 1.95 bits per heavy atom. The maximum Gasteiger partial charge on any atom is 0.254 e. The van der Waals surface area contributed by atoms with Crippen LogP contribution >= 0.6 is 0 Å². The molecular formula is C15H20N4O2. The van der Waals surface area contributed by atoms with Crippen LogP contribution in [-0.2, 0) is 4.79 Å². The van der Waals surface area contributed by atoms with Crippen molar-refractivity contribution in [3.05, 3.63) is 30.1 Å². The molecular weight excluding hydrogens is 268 g/mol. The predicted octanol–water partition coefficient (Wildman–Crippen LogP) is 1.50. The van der Waals surface area contributed by atoms with Crippen LogP contribution in [0.3, 0.4) is 0 Å². The molecule has 0 aliphatic carbocycles. The number of H-pyrrole nitrogens is 1. The van der Waals surface area contributed by atoms with Crippen LogP contribution in [0.25, 0.3) is 11.0 Å². The van der Waals surface area contributed by atoms with Crippen LogP contribution in [0.1, 0.15) is 24.2 Å². The van der Waals surface area contributed by atoms with E-state index in [1.54, 1.807) is 36.5 Å². The summed E-state index contributed by atoms with van der Waals surface area (Å²) in [6, 6.07) is 5.27. The molecule has 0 aliphatic rings. The van der Waals surface area contributed by atoms with Gasteiger partial charge in [-0.25, -0.2) is 4.98 Å². The summed E-state index contributed by atoms with van der Waals surface area (Å²) in [5, 5.41) is 0. The van der Waals surface area contributed by atoms with Gasteiger partial charge in [-0.15, -0.1) is 0 Å². The van der Waals surface area contributed by atoms with Gasteiger partial charge in [0.15, 0.2) is 0 Å². The molecule has 0 unspecified atom stereocenters. The Hall–Kier alpha value is -2.37. The number of carbonyl (C=O) groups is 2. The lowest BCUT2D eigenvalue weighted by Gasteiger charge is -2.23. The molecule has 0 saturated heterocycles. The van der Waals surface area contributed by atoms with Crippen LogP contribution in [0.15, 0.2) is 24.5 Å². The van der Waals surface area contributed by atoms with E-state index in [4.69, 9.17) is 0 Å². The zero-order valence-electron chi connectivity index (χ0n) is 12.6. The van der Waals surface area contributed by atoms with Crippen molar-refractivity contribution in [1.29, 1.82) is 0 Å². The van der Waals surface area contributed by atoms with Gasteiger partial charge in [-0.3, -0.25) is 9.59 Å². The first-order valence-corrected chi connectivity index (χ1v) is 7.03. The first-order valence-electron chi connectivity index (χ1n) is 7.03. The van der Waals surface area contributed by atoms with Gasteiger partial charge in [-0.2, -0.15) is 0 Å². The van der Waals surface area contributed by atoms with Crippen LogP contribution in [0.5, 0.6) is 0 Å². The minimum atomic E-state index is -0.174. The molecule has 2 amide bonds. The van der Waals surface area contributed by atoms with E-state index in [1.165, 1.54) is 4.90 Å². The Balaban J connectivity index is 2.09. The summed E-state index contributed by atoms with van der Waals surface area (Å²) in [5.41, 5.74) is 2.17. The maximum atomic E-state index is 12.4. The number of likely N-dealkylation sites (N-methyl/N-ethyl adjacent to an activating group) is 2. The zero-order chi connectivity index (χ0) is 15.4. The standard InChI is InChI=1S/C15H20N4O2/c1-4-19(5-2)14(20)9-18(3)15(21)11-6-7-12-13(8-11)17-10-16-12/h6-8,10H,4-5,9H2,1-3H3,(H,16,17). The smallest absolute Gasteiger partial charge is 0.254 e. The van der Waals surface area contributed by atoms with Gasteiger partial charge in [0.2, 0.25) is 5.91 Å². The molecule has 6 heteroatoms. The van der Waals surface area contributed by atoms with Crippen molar-refractivity contribution < 1.29 is 9.59 Å². The second kappa shape index (κ2) is 6.39. The highest BCUT2D eigenvalue weighted by Gasteiger charge is 2.18. The quantitative estimate of drug-likeness (QED) is 0.906. The van der Waals surface area contributed by atoms with Crippen molar-refractivity contribution in [2.24, 2.45) is 0 Å². The number of hydrogen-bond donors (Lipinski definition) is 1. The lowest BCUT2D eigenvalue weighted by Crippen LogP contribution is -2.41. The normalized spacial score (nSPS) is 10.6. The van der Waals surface area contributed by atoms with Gasteiger partial charge in [0.1, 0.15) is 0 Å². The summed E-state index contributed by atoms with van der Waals surface area (Å²) in [6.07, 6.45) is 1.59. The topological polar surface area (TPSA) is 69.3 Å². The van der Waals surface area contributed by atoms with E-state index >= 15 is 0 Å². The molecule has 1 aromatic carbocycles. The number of aromatic nitrogens is 2. The summed E-state index contributed by atoms with van der Waals surface area (Å²) < 4.78 is 0. The molecule has 0 bridgehead atoms. The lowest BCUT2D eigenvalue weighted by molar-refractivity contribution is -0.131. The number of imidazole rings is 1. The monoisotopic (exact) mass is 288 g/mol. The highest BCUT2D eigenvalue weighted by Crippen LogP contribution is 2.13. The molecule has 6 nitrogen and oxygen atoms in total. The van der Waals surface area contributed by atoms with E-state index in [9.17, 15) is 9.59 Å². The van der Waals surface area contributed by atoms with Crippen molar-refractivity contribution >= 4 is 22.8 Å². The number of nitrogens with zero attached hydrogens (tertiary/aromatic N) is 3. The minimum absolute atomic E-state index is 0.0431. The van der Waals surface area contributed by atoms with Crippen molar-refractivity contribution in [1.82, 2.24) is 19.8 Å². The third kappa shape index (κ3) is 3.21. The van der Waals surface area contributed by atoms with Gasteiger partial charge >= 0.3 is 0 Å². The Kier molecular flexibility index (Phi) is 4.57. The molecule has 0 atom stereocenters. The number of aromatic amines is 1. The fourth-order valence-corrected chi connectivity index (χ4v) is 2.24. The third-order valence-corrected chi connectivity index (χ3v) is 3.50. The molecule has 2 rings (SSSR count). The average Bonchev–Trinajstić information content (AvgIpc) is 2.94. The molecule has 1 N–H and O–H groups in total. The number of amides is 2. The maximum absolute atomic E-state index is 12.4. The second-order valence-electron chi connectivity index (χ2n) is 4.86. The Labute approximate surface area is 123 Å². The van der Waals surface area contributed by atoms with E-state index in [1.807, 2.05) is 13.8 Å². The highest BCUT2D eigenvalue weighted by molar-refractivity contribution is 5.98. The molecule has 0 radical (unpaired) electrons. The summed E-state index contributed by atoms with van der Waals surface area (Å²) in [4.78, 5) is 34.6. The number of carbonyl (C=O) groups excluding carboxylic acids is 2. The number of hydrogen-bond acceptors (Lipinski definition) is 3. The number of benzene rings is 1. The van der Waals surface area contributed by atoms with E-state index in [0.717, 1.165) is 11.0 Å². The average molecular weight is 288 g/mol. The first-order chi connectivity index (χ1) is 10.1. The van der Waals surface area contributed by atoms with Crippen molar-refractivity contribution in [3.63, 3.8) is 0 Å². The minimum Gasteiger partial charge on any atom is -0.345 e. The summed E-state index contributed by atoms with van der Waals surface area (Å²) in [7, 11) is 1.64. The van der Waals surface area contributed by atoms with Crippen LogP contribution in [0, 0.1) is 0 Å². The summed E-state index contributed by atoms with van der Waals surface area (Å²) >= 11 is 0. The van der Waals surface area contributed by atoms with Crippen LogP contribution < -0.4 is 0 Å². The van der Waals surface area contributed by atoms with E-state index in [0.29, 0.717) is 18.7 Å². The Bertz CT molecular complexity index is 646. The fourth-order valence-electron chi connectivity index (χ4n) is 2.24. The van der Waals surface area contributed by atoms with Gasteiger partial charge in [0.25, 0.3) is 5.91 Å². The van der Waals surface area contributed by atoms with E-state index in [-0.39, 0.29) is 18.4 Å². The van der Waals surface area contributed by atoms with Crippen molar-refractivity contribution in [2.45, 2.75) is 13.8 Å². The second-order valence-corrected chi connectivity index (χ2v) is 4.86. The SMILES string of the molecule is CCN(CC)C(=O)CN(C)C(=O)c1ccc2nc[nH]c2c1. The Morgan fingerprint density at radius 1 is 1.24 bits per heavy atom. The van der Waals surface area contributed by atoms with Crippen molar-refractivity contribution in [3.8, 4) is 0 Å². The van der Waals surface area contributed by atoms with Crippen LogP contribution in [-0.4, -0.2) is 58.3 Å². The molecule has 2 aromatic rings. The van der Waals surface area contributed by atoms with Gasteiger partial charge in [-0.05, 0) is 32.0 Å². The molecule has 1 heterocycles. The summed E-state index contributed by atoms with van der Waals surface area (Å²) in [6.45, 7) is 5.24. The lowest BCUT2D eigenvalue weighted by atomic mass is 10.2. The first kappa shape index (κ1) is 15.0. The number of fused-ring (bicyclic) bond motifs is 1. The number of rotatable bonds is 5. The fraction of sp³-hybridized carbons (Fsp3) is 0.400. The van der Waals surface area contributed by atoms with Crippen molar-refractivity contribution in [2.75, 3.05) is 26.7 Å². The van der Waals surface area contributed by atoms with Gasteiger partial charge < -0.3 is 14.8 Å². The largest absolute Gasteiger partial charge is 0.345 e. The molecule has 0 saturated carbocycles. The van der Waals surface area contributed by atoms with E-state index < -0.39 is 0 Å². The van der Waals surface area contributed by atoms with E-state index in [2.05, 4.69) is 9.97 Å². The van der Waals surface area contributed by atoms with Gasteiger partial charge in [-0.1, -0.05) is 0 Å². The molecule has 0 spiro atoms. The molecule has 21 heavy (non-hydrogen) atoms. The Morgan fingerprint density at radius 3 is 2.62 bits per heavy atom. The van der Waals surface area contributed by atoms with Gasteiger partial charge in [0.05, 0.1) is 23.9 Å². The highest BCUT2D eigenvalue weighted by atomic mass is 16.2. The molecule has 0 fully saturated rings. The molecule has 112 valence electrons. The molecule has 0 aliphatic heterocycles. The summed E-state index contributed by atoms with van der Waals surface area (Å²) in [5.74, 6) is -0.217. The number of nitrogens with one attached hydrogen (secondary N) is 1. The zero-order valence-corrected chi connectivity index (χ0v) is 12.6. The molecule has 1 aromatic heterocycles. The van der Waals surface area contributed by atoms with Gasteiger partial charge in [0, 0.05) is 25.7 Å². The van der Waals surface area contributed by atoms with Crippen LogP contribution in [0.2, 0.25) is 0 Å².